The first-order valence-electron chi connectivity index (χ1n) is 5.44. The van der Waals surface area contributed by atoms with Gasteiger partial charge < -0.3 is 10.8 Å². The maximum Gasteiger partial charge on any atom is 0.323 e. The zero-order chi connectivity index (χ0) is 13.1. The second-order valence-electron chi connectivity index (χ2n) is 4.53. The van der Waals surface area contributed by atoms with E-state index in [9.17, 15) is 4.79 Å². The molecule has 0 saturated carbocycles. The van der Waals surface area contributed by atoms with Crippen LogP contribution in [0.4, 0.5) is 0 Å². The Balaban J connectivity index is 2.83. The predicted octanol–water partition coefficient (Wildman–Crippen LogP) is 1.77. The number of nitrogens with two attached hydrogens (primary N) is 1. The summed E-state index contributed by atoms with van der Waals surface area (Å²) in [4.78, 5) is 10.9. The molecule has 0 radical (unpaired) electrons. The highest BCUT2D eigenvalue weighted by atomic mass is 16.4. The molecule has 0 aliphatic rings. The van der Waals surface area contributed by atoms with Crippen LogP contribution in [-0.4, -0.2) is 16.6 Å². The number of aliphatic carboxylic acids is 1. The smallest absolute Gasteiger partial charge is 0.323 e. The van der Waals surface area contributed by atoms with E-state index in [1.54, 1.807) is 0 Å². The van der Waals surface area contributed by atoms with E-state index in [4.69, 9.17) is 17.3 Å². The Morgan fingerprint density at radius 2 is 2.06 bits per heavy atom. The fourth-order valence-electron chi connectivity index (χ4n) is 1.52. The number of benzene rings is 1. The normalized spacial score (nSPS) is 15.6. The SMILES string of the molecule is C#CC(C)c1ccc(CC(C)(N)C(=O)O)cc1. The van der Waals surface area contributed by atoms with Crippen molar-refractivity contribution in [2.75, 3.05) is 0 Å². The summed E-state index contributed by atoms with van der Waals surface area (Å²) in [6.07, 6.45) is 5.63. The van der Waals surface area contributed by atoms with Gasteiger partial charge in [-0.2, -0.15) is 0 Å². The van der Waals surface area contributed by atoms with E-state index in [2.05, 4.69) is 5.92 Å². The first-order valence-corrected chi connectivity index (χ1v) is 5.44. The summed E-state index contributed by atoms with van der Waals surface area (Å²) in [6, 6.07) is 7.57. The maximum absolute atomic E-state index is 10.9. The molecule has 0 saturated heterocycles. The van der Waals surface area contributed by atoms with Gasteiger partial charge in [0, 0.05) is 12.3 Å². The lowest BCUT2D eigenvalue weighted by Gasteiger charge is -2.19. The molecule has 3 nitrogen and oxygen atoms in total. The number of hydrogen-bond acceptors (Lipinski definition) is 2. The molecule has 2 atom stereocenters. The Kier molecular flexibility index (Phi) is 3.93. The highest BCUT2D eigenvalue weighted by molar-refractivity contribution is 5.78. The van der Waals surface area contributed by atoms with Crippen molar-refractivity contribution in [3.63, 3.8) is 0 Å². The van der Waals surface area contributed by atoms with E-state index in [1.165, 1.54) is 6.92 Å². The number of rotatable bonds is 4. The van der Waals surface area contributed by atoms with Crippen molar-refractivity contribution in [3.8, 4) is 12.3 Å². The average Bonchev–Trinajstić information content (AvgIpc) is 2.28. The van der Waals surface area contributed by atoms with Gasteiger partial charge in [0.1, 0.15) is 5.54 Å². The van der Waals surface area contributed by atoms with Gasteiger partial charge in [0.2, 0.25) is 0 Å². The molecule has 1 rings (SSSR count). The highest BCUT2D eigenvalue weighted by Crippen LogP contribution is 2.17. The van der Waals surface area contributed by atoms with Crippen LogP contribution in [0.15, 0.2) is 24.3 Å². The van der Waals surface area contributed by atoms with E-state index in [-0.39, 0.29) is 5.92 Å². The van der Waals surface area contributed by atoms with Gasteiger partial charge in [-0.3, -0.25) is 4.79 Å². The van der Waals surface area contributed by atoms with Gasteiger partial charge in [0.25, 0.3) is 0 Å². The van der Waals surface area contributed by atoms with Gasteiger partial charge in [-0.25, -0.2) is 0 Å². The molecule has 0 aliphatic heterocycles. The van der Waals surface area contributed by atoms with Gasteiger partial charge in [-0.1, -0.05) is 30.2 Å². The first-order chi connectivity index (χ1) is 7.86. The largest absolute Gasteiger partial charge is 0.480 e. The molecule has 2 unspecified atom stereocenters. The van der Waals surface area contributed by atoms with Gasteiger partial charge in [-0.05, 0) is 25.0 Å². The standard InChI is InChI=1S/C14H17NO2/c1-4-10(2)12-7-5-11(6-8-12)9-14(3,15)13(16)17/h1,5-8,10H,9,15H2,2-3H3,(H,16,17). The fourth-order valence-corrected chi connectivity index (χ4v) is 1.52. The minimum absolute atomic E-state index is 0.0628. The lowest BCUT2D eigenvalue weighted by atomic mass is 9.92. The summed E-state index contributed by atoms with van der Waals surface area (Å²) in [7, 11) is 0. The number of carboxylic acids is 1. The number of hydrogen-bond donors (Lipinski definition) is 2. The third-order valence-corrected chi connectivity index (χ3v) is 2.79. The quantitative estimate of drug-likeness (QED) is 0.776. The van der Waals surface area contributed by atoms with Crippen LogP contribution in [0.25, 0.3) is 0 Å². The Morgan fingerprint density at radius 1 is 1.53 bits per heavy atom. The van der Waals surface area contributed by atoms with Crippen molar-refractivity contribution in [1.82, 2.24) is 0 Å². The molecule has 90 valence electrons. The van der Waals surface area contributed by atoms with E-state index < -0.39 is 11.5 Å². The summed E-state index contributed by atoms with van der Waals surface area (Å²) in [5, 5.41) is 8.93. The van der Waals surface area contributed by atoms with Crippen LogP contribution in [0.3, 0.4) is 0 Å². The van der Waals surface area contributed by atoms with Gasteiger partial charge >= 0.3 is 5.97 Å². The predicted molar refractivity (Wildman–Crippen MR) is 67.6 cm³/mol. The Morgan fingerprint density at radius 3 is 2.47 bits per heavy atom. The van der Waals surface area contributed by atoms with Crippen LogP contribution in [-0.2, 0) is 11.2 Å². The van der Waals surface area contributed by atoms with Crippen molar-refractivity contribution in [2.45, 2.75) is 31.7 Å². The second-order valence-corrected chi connectivity index (χ2v) is 4.53. The van der Waals surface area contributed by atoms with Gasteiger partial charge in [0.15, 0.2) is 0 Å². The number of terminal acetylenes is 1. The van der Waals surface area contributed by atoms with Crippen LogP contribution in [0.5, 0.6) is 0 Å². The van der Waals surface area contributed by atoms with Gasteiger partial charge in [0.05, 0.1) is 0 Å². The summed E-state index contributed by atoms with van der Waals surface area (Å²) in [6.45, 7) is 3.45. The summed E-state index contributed by atoms with van der Waals surface area (Å²) in [5.41, 5.74) is 6.39. The topological polar surface area (TPSA) is 63.3 Å². The van der Waals surface area contributed by atoms with Crippen molar-refractivity contribution in [1.29, 1.82) is 0 Å². The number of carbonyl (C=O) groups is 1. The van der Waals surface area contributed by atoms with E-state index >= 15 is 0 Å². The van der Waals surface area contributed by atoms with E-state index in [0.29, 0.717) is 6.42 Å². The molecule has 17 heavy (non-hydrogen) atoms. The van der Waals surface area contributed by atoms with Crippen LogP contribution in [0.1, 0.15) is 30.9 Å². The van der Waals surface area contributed by atoms with Crippen molar-refractivity contribution < 1.29 is 9.90 Å². The molecule has 0 bridgehead atoms. The zero-order valence-electron chi connectivity index (χ0n) is 10.1. The van der Waals surface area contributed by atoms with E-state index in [0.717, 1.165) is 11.1 Å². The highest BCUT2D eigenvalue weighted by Gasteiger charge is 2.27. The molecule has 3 N–H and O–H groups in total. The van der Waals surface area contributed by atoms with Gasteiger partial charge in [-0.15, -0.1) is 6.42 Å². The second kappa shape index (κ2) is 5.03. The average molecular weight is 231 g/mol. The summed E-state index contributed by atoms with van der Waals surface area (Å²) < 4.78 is 0. The minimum atomic E-state index is -1.24. The third kappa shape index (κ3) is 3.33. The molecular formula is C14H17NO2. The molecule has 0 fully saturated rings. The summed E-state index contributed by atoms with van der Waals surface area (Å²) in [5.74, 6) is 1.71. The third-order valence-electron chi connectivity index (χ3n) is 2.79. The minimum Gasteiger partial charge on any atom is -0.480 e. The molecule has 0 aromatic heterocycles. The molecule has 0 spiro atoms. The first kappa shape index (κ1) is 13.3. The number of carboxylic acid groups (broad SMARTS) is 1. The van der Waals surface area contributed by atoms with Crippen LogP contribution in [0, 0.1) is 12.3 Å². The van der Waals surface area contributed by atoms with Crippen molar-refractivity contribution >= 4 is 5.97 Å². The zero-order valence-corrected chi connectivity index (χ0v) is 10.1. The van der Waals surface area contributed by atoms with Crippen molar-refractivity contribution in [3.05, 3.63) is 35.4 Å². The molecule has 0 aliphatic carbocycles. The lowest BCUT2D eigenvalue weighted by molar-refractivity contribution is -0.142. The Labute approximate surface area is 102 Å². The molecular weight excluding hydrogens is 214 g/mol. The van der Waals surface area contributed by atoms with Crippen molar-refractivity contribution in [2.24, 2.45) is 5.73 Å². The molecule has 3 heteroatoms. The van der Waals surface area contributed by atoms with Crippen LogP contribution >= 0.6 is 0 Å². The fraction of sp³-hybridized carbons (Fsp3) is 0.357. The van der Waals surface area contributed by atoms with E-state index in [1.807, 2.05) is 31.2 Å². The molecule has 0 amide bonds. The Bertz CT molecular complexity index is 440. The monoisotopic (exact) mass is 231 g/mol. The van der Waals surface area contributed by atoms with Crippen LogP contribution in [0.2, 0.25) is 0 Å². The molecule has 1 aromatic carbocycles. The molecule has 0 heterocycles. The Hall–Kier alpha value is -1.79. The summed E-state index contributed by atoms with van der Waals surface area (Å²) >= 11 is 0. The lowest BCUT2D eigenvalue weighted by Crippen LogP contribution is -2.46. The maximum atomic E-state index is 10.9. The molecule has 1 aromatic rings. The van der Waals surface area contributed by atoms with Crippen LogP contribution < -0.4 is 5.73 Å².